The van der Waals surface area contributed by atoms with Gasteiger partial charge < -0.3 is 10.2 Å². The van der Waals surface area contributed by atoms with E-state index in [0.29, 0.717) is 18.7 Å². The normalized spacial score (nSPS) is 10.2. The molecule has 0 saturated carbocycles. The highest BCUT2D eigenvalue weighted by Gasteiger charge is 2.13. The first-order chi connectivity index (χ1) is 11.6. The van der Waals surface area contributed by atoms with Gasteiger partial charge in [0.25, 0.3) is 5.91 Å². The molecule has 0 spiro atoms. The molecule has 24 heavy (non-hydrogen) atoms. The minimum absolute atomic E-state index is 0.0740. The second-order valence-electron chi connectivity index (χ2n) is 5.41. The van der Waals surface area contributed by atoms with Gasteiger partial charge in [0.2, 0.25) is 5.91 Å². The Kier molecular flexibility index (Phi) is 6.49. The van der Waals surface area contributed by atoms with E-state index in [9.17, 15) is 14.0 Å². The zero-order valence-electron chi connectivity index (χ0n) is 13.7. The fourth-order valence-electron chi connectivity index (χ4n) is 2.36. The number of carbonyl (C=O) groups is 2. The number of rotatable bonds is 7. The first kappa shape index (κ1) is 17.7. The van der Waals surface area contributed by atoms with Gasteiger partial charge in [-0.15, -0.1) is 0 Å². The van der Waals surface area contributed by atoms with Gasteiger partial charge in [-0.3, -0.25) is 9.59 Å². The van der Waals surface area contributed by atoms with Crippen LogP contribution in [0.15, 0.2) is 54.6 Å². The van der Waals surface area contributed by atoms with Crippen molar-refractivity contribution in [2.75, 3.05) is 13.1 Å². The first-order valence-corrected chi connectivity index (χ1v) is 7.95. The van der Waals surface area contributed by atoms with Crippen LogP contribution in [0.25, 0.3) is 0 Å². The SMILES string of the molecule is CCN(Cc1cccc(F)c1)C(=O)CCNC(=O)c1ccccc1. The van der Waals surface area contributed by atoms with Crippen LogP contribution in [-0.2, 0) is 11.3 Å². The lowest BCUT2D eigenvalue weighted by atomic mass is 10.2. The molecule has 0 unspecified atom stereocenters. The van der Waals surface area contributed by atoms with Crippen molar-refractivity contribution in [2.24, 2.45) is 0 Å². The Morgan fingerprint density at radius 2 is 1.83 bits per heavy atom. The van der Waals surface area contributed by atoms with Crippen LogP contribution >= 0.6 is 0 Å². The van der Waals surface area contributed by atoms with Crippen molar-refractivity contribution in [3.05, 3.63) is 71.5 Å². The zero-order chi connectivity index (χ0) is 17.4. The second-order valence-corrected chi connectivity index (χ2v) is 5.41. The molecule has 0 atom stereocenters. The maximum absolute atomic E-state index is 13.2. The minimum Gasteiger partial charge on any atom is -0.352 e. The van der Waals surface area contributed by atoms with Crippen molar-refractivity contribution in [3.8, 4) is 0 Å². The molecule has 0 aliphatic heterocycles. The molecule has 126 valence electrons. The van der Waals surface area contributed by atoms with Crippen LogP contribution in [0.5, 0.6) is 0 Å². The summed E-state index contributed by atoms with van der Waals surface area (Å²) in [6.07, 6.45) is 0.210. The molecule has 0 aliphatic carbocycles. The van der Waals surface area contributed by atoms with Crippen molar-refractivity contribution in [1.82, 2.24) is 10.2 Å². The Hall–Kier alpha value is -2.69. The second kappa shape index (κ2) is 8.82. The third-order valence-corrected chi connectivity index (χ3v) is 3.66. The summed E-state index contributed by atoms with van der Waals surface area (Å²) < 4.78 is 13.2. The number of benzene rings is 2. The lowest BCUT2D eigenvalue weighted by Crippen LogP contribution is -2.34. The van der Waals surface area contributed by atoms with Gasteiger partial charge in [-0.2, -0.15) is 0 Å². The molecule has 0 heterocycles. The van der Waals surface area contributed by atoms with Gasteiger partial charge in [-0.25, -0.2) is 4.39 Å². The maximum Gasteiger partial charge on any atom is 0.251 e. The van der Waals surface area contributed by atoms with Crippen LogP contribution in [-0.4, -0.2) is 29.8 Å². The van der Waals surface area contributed by atoms with E-state index in [2.05, 4.69) is 5.32 Å². The molecule has 0 saturated heterocycles. The standard InChI is InChI=1S/C19H21FN2O2/c1-2-22(14-15-7-6-10-17(20)13-15)18(23)11-12-21-19(24)16-8-4-3-5-9-16/h3-10,13H,2,11-12,14H2,1H3,(H,21,24). The topological polar surface area (TPSA) is 49.4 Å². The monoisotopic (exact) mass is 328 g/mol. The molecule has 2 aromatic rings. The molecular formula is C19H21FN2O2. The summed E-state index contributed by atoms with van der Waals surface area (Å²) in [7, 11) is 0. The zero-order valence-corrected chi connectivity index (χ0v) is 13.7. The van der Waals surface area contributed by atoms with Gasteiger partial charge >= 0.3 is 0 Å². The van der Waals surface area contributed by atoms with E-state index in [1.807, 2.05) is 13.0 Å². The molecule has 0 aliphatic rings. The highest BCUT2D eigenvalue weighted by molar-refractivity contribution is 5.94. The fraction of sp³-hybridized carbons (Fsp3) is 0.263. The van der Waals surface area contributed by atoms with Gasteiger partial charge in [-0.1, -0.05) is 30.3 Å². The quantitative estimate of drug-likeness (QED) is 0.849. The highest BCUT2D eigenvalue weighted by Crippen LogP contribution is 2.08. The number of halogens is 1. The van der Waals surface area contributed by atoms with E-state index in [-0.39, 0.29) is 30.6 Å². The summed E-state index contributed by atoms with van der Waals surface area (Å²) in [6, 6.07) is 15.1. The van der Waals surface area contributed by atoms with Crippen LogP contribution in [0.2, 0.25) is 0 Å². The molecule has 5 heteroatoms. The van der Waals surface area contributed by atoms with E-state index in [1.165, 1.54) is 12.1 Å². The number of amides is 2. The van der Waals surface area contributed by atoms with Crippen molar-refractivity contribution < 1.29 is 14.0 Å². The lowest BCUT2D eigenvalue weighted by molar-refractivity contribution is -0.131. The van der Waals surface area contributed by atoms with Crippen LogP contribution in [0.4, 0.5) is 4.39 Å². The van der Waals surface area contributed by atoms with Gasteiger partial charge in [0, 0.05) is 31.6 Å². The molecule has 2 amide bonds. The van der Waals surface area contributed by atoms with Crippen LogP contribution in [0.1, 0.15) is 29.3 Å². The number of hydrogen-bond donors (Lipinski definition) is 1. The summed E-state index contributed by atoms with van der Waals surface area (Å²) in [4.78, 5) is 25.8. The van der Waals surface area contributed by atoms with Crippen molar-refractivity contribution >= 4 is 11.8 Å². The van der Waals surface area contributed by atoms with E-state index < -0.39 is 0 Å². The summed E-state index contributed by atoms with van der Waals surface area (Å²) in [5.74, 6) is -0.585. The summed E-state index contributed by atoms with van der Waals surface area (Å²) in [6.45, 7) is 3.04. The van der Waals surface area contributed by atoms with Gasteiger partial charge in [-0.05, 0) is 36.8 Å². The lowest BCUT2D eigenvalue weighted by Gasteiger charge is -2.21. The number of hydrogen-bond acceptors (Lipinski definition) is 2. The van der Waals surface area contributed by atoms with E-state index in [0.717, 1.165) is 5.56 Å². The number of carbonyl (C=O) groups excluding carboxylic acids is 2. The number of nitrogens with one attached hydrogen (secondary N) is 1. The van der Waals surface area contributed by atoms with Gasteiger partial charge in [0.15, 0.2) is 0 Å². The van der Waals surface area contributed by atoms with Crippen molar-refractivity contribution in [2.45, 2.75) is 19.9 Å². The molecule has 2 aromatic carbocycles. The Labute approximate surface area is 141 Å². The average molecular weight is 328 g/mol. The molecule has 0 bridgehead atoms. The summed E-state index contributed by atoms with van der Waals surface area (Å²) in [5.41, 5.74) is 1.32. The van der Waals surface area contributed by atoms with Crippen LogP contribution < -0.4 is 5.32 Å². The smallest absolute Gasteiger partial charge is 0.251 e. The Morgan fingerprint density at radius 1 is 1.08 bits per heavy atom. The van der Waals surface area contributed by atoms with Crippen LogP contribution in [0, 0.1) is 5.82 Å². The van der Waals surface area contributed by atoms with Crippen LogP contribution in [0.3, 0.4) is 0 Å². The van der Waals surface area contributed by atoms with E-state index in [1.54, 1.807) is 41.3 Å². The molecule has 4 nitrogen and oxygen atoms in total. The maximum atomic E-state index is 13.2. The molecule has 2 rings (SSSR count). The Bertz CT molecular complexity index is 689. The molecule has 0 radical (unpaired) electrons. The Balaban J connectivity index is 1.82. The van der Waals surface area contributed by atoms with E-state index in [4.69, 9.17) is 0 Å². The minimum atomic E-state index is -0.314. The molecule has 0 aromatic heterocycles. The third kappa shape index (κ3) is 5.19. The van der Waals surface area contributed by atoms with Gasteiger partial charge in [0.1, 0.15) is 5.82 Å². The first-order valence-electron chi connectivity index (χ1n) is 7.95. The molecule has 0 fully saturated rings. The predicted octanol–water partition coefficient (Wildman–Crippen LogP) is 2.99. The summed E-state index contributed by atoms with van der Waals surface area (Å²) in [5, 5.41) is 2.74. The van der Waals surface area contributed by atoms with Crippen molar-refractivity contribution in [3.63, 3.8) is 0 Å². The highest BCUT2D eigenvalue weighted by atomic mass is 19.1. The number of nitrogens with zero attached hydrogens (tertiary/aromatic N) is 1. The van der Waals surface area contributed by atoms with E-state index >= 15 is 0 Å². The molecular weight excluding hydrogens is 307 g/mol. The predicted molar refractivity (Wildman–Crippen MR) is 90.9 cm³/mol. The average Bonchev–Trinajstić information content (AvgIpc) is 2.60. The Morgan fingerprint density at radius 3 is 2.50 bits per heavy atom. The fourth-order valence-corrected chi connectivity index (χ4v) is 2.36. The van der Waals surface area contributed by atoms with Gasteiger partial charge in [0.05, 0.1) is 0 Å². The molecule has 1 N–H and O–H groups in total. The largest absolute Gasteiger partial charge is 0.352 e. The summed E-state index contributed by atoms with van der Waals surface area (Å²) >= 11 is 0. The third-order valence-electron chi connectivity index (χ3n) is 3.66. The van der Waals surface area contributed by atoms with Crippen molar-refractivity contribution in [1.29, 1.82) is 0 Å².